The van der Waals surface area contributed by atoms with Gasteiger partial charge in [0.05, 0.1) is 17.8 Å². The van der Waals surface area contributed by atoms with Crippen molar-refractivity contribution in [2.45, 2.75) is 38.3 Å². The lowest BCUT2D eigenvalue weighted by Gasteiger charge is -2.22. The molecule has 2 fully saturated rings. The number of aromatic nitrogens is 2. The molecular formula is C23H23ClFN3O. The molecule has 5 rings (SSSR count). The normalized spacial score (nSPS) is 26.3. The molecule has 3 unspecified atom stereocenters. The zero-order valence-corrected chi connectivity index (χ0v) is 16.9. The predicted octanol–water partition coefficient (Wildman–Crippen LogP) is 5.23. The Morgan fingerprint density at radius 1 is 1.24 bits per heavy atom. The highest BCUT2D eigenvalue weighted by atomic mass is 35.5. The van der Waals surface area contributed by atoms with Crippen LogP contribution in [0.4, 0.5) is 4.39 Å². The Kier molecular flexibility index (Phi) is 4.58. The fraction of sp³-hybridized carbons (Fsp3) is 0.391. The van der Waals surface area contributed by atoms with Gasteiger partial charge in [-0.05, 0) is 79.5 Å². The molecule has 4 nitrogen and oxygen atoms in total. The van der Waals surface area contributed by atoms with E-state index in [0.29, 0.717) is 34.4 Å². The van der Waals surface area contributed by atoms with Crippen molar-refractivity contribution in [1.29, 1.82) is 0 Å². The third kappa shape index (κ3) is 3.31. The van der Waals surface area contributed by atoms with Crippen LogP contribution in [0.3, 0.4) is 0 Å². The van der Waals surface area contributed by atoms with Crippen molar-refractivity contribution in [3.8, 4) is 0 Å². The van der Waals surface area contributed by atoms with Crippen molar-refractivity contribution < 1.29 is 9.18 Å². The minimum atomic E-state index is -0.228. The van der Waals surface area contributed by atoms with Gasteiger partial charge in [0.2, 0.25) is 0 Å². The molecule has 0 spiro atoms. The van der Waals surface area contributed by atoms with Crippen LogP contribution in [-0.2, 0) is 0 Å². The number of benzene rings is 2. The molecule has 0 saturated heterocycles. The summed E-state index contributed by atoms with van der Waals surface area (Å²) >= 11 is 5.92. The lowest BCUT2D eigenvalue weighted by Crippen LogP contribution is -2.37. The number of hydrogen-bond donors (Lipinski definition) is 1. The van der Waals surface area contributed by atoms with Crippen molar-refractivity contribution in [2.24, 2.45) is 17.8 Å². The molecule has 0 aliphatic heterocycles. The van der Waals surface area contributed by atoms with Gasteiger partial charge in [-0.2, -0.15) is 5.10 Å². The van der Waals surface area contributed by atoms with E-state index in [4.69, 9.17) is 11.6 Å². The fourth-order valence-corrected chi connectivity index (χ4v) is 5.42. The van der Waals surface area contributed by atoms with Crippen LogP contribution in [0.2, 0.25) is 5.02 Å². The fourth-order valence-electron chi connectivity index (χ4n) is 5.30. The van der Waals surface area contributed by atoms with E-state index in [2.05, 4.69) is 22.0 Å². The molecule has 5 atom stereocenters. The van der Waals surface area contributed by atoms with Gasteiger partial charge >= 0.3 is 0 Å². The minimum absolute atomic E-state index is 0.0323. The van der Waals surface area contributed by atoms with Gasteiger partial charge in [-0.25, -0.2) is 4.39 Å². The number of fused-ring (bicyclic) bond motifs is 2. The smallest absolute Gasteiger partial charge is 0.251 e. The number of nitrogens with one attached hydrogen (secondary N) is 1. The number of amides is 1. The molecular weight excluding hydrogens is 389 g/mol. The predicted molar refractivity (Wildman–Crippen MR) is 111 cm³/mol. The summed E-state index contributed by atoms with van der Waals surface area (Å²) in [7, 11) is 0. The minimum Gasteiger partial charge on any atom is -0.349 e. The summed E-state index contributed by atoms with van der Waals surface area (Å²) in [4.78, 5) is 12.6. The standard InChI is InChI=1S/C23H23ClFN3O/c1-2-20(27-23(29)13-3-5-15(24)6-4-13)22-18-10-17(11-19(18)22)28-21-8-7-16(25)9-14(21)12-26-28/h3-9,12,17-20,22H,2,10-11H2,1H3,(H,27,29)/t17?,18-,19+,20?,22?. The number of rotatable bonds is 5. The van der Waals surface area contributed by atoms with Crippen molar-refractivity contribution in [3.05, 3.63) is 65.1 Å². The highest BCUT2D eigenvalue weighted by Crippen LogP contribution is 2.62. The number of carbonyl (C=O) groups is 1. The first kappa shape index (κ1) is 18.6. The Morgan fingerprint density at radius 2 is 1.97 bits per heavy atom. The Hall–Kier alpha value is -2.40. The molecule has 150 valence electrons. The zero-order valence-electron chi connectivity index (χ0n) is 16.2. The van der Waals surface area contributed by atoms with Gasteiger partial charge in [0.15, 0.2) is 0 Å². The summed E-state index contributed by atoms with van der Waals surface area (Å²) in [5.41, 5.74) is 1.64. The van der Waals surface area contributed by atoms with Gasteiger partial charge in [0, 0.05) is 22.0 Å². The van der Waals surface area contributed by atoms with E-state index in [0.717, 1.165) is 30.2 Å². The first-order valence-electron chi connectivity index (χ1n) is 10.2. The Labute approximate surface area is 174 Å². The van der Waals surface area contributed by atoms with Gasteiger partial charge in [0.25, 0.3) is 5.91 Å². The van der Waals surface area contributed by atoms with E-state index in [1.807, 2.05) is 6.07 Å². The average Bonchev–Trinajstić information content (AvgIpc) is 3.06. The van der Waals surface area contributed by atoms with Crippen LogP contribution < -0.4 is 5.32 Å². The van der Waals surface area contributed by atoms with Crippen LogP contribution in [0.5, 0.6) is 0 Å². The Morgan fingerprint density at radius 3 is 2.66 bits per heavy atom. The summed E-state index contributed by atoms with van der Waals surface area (Å²) in [6, 6.07) is 12.4. The number of nitrogens with zero attached hydrogens (tertiary/aromatic N) is 2. The van der Waals surface area contributed by atoms with E-state index < -0.39 is 0 Å². The largest absolute Gasteiger partial charge is 0.349 e. The van der Waals surface area contributed by atoms with E-state index in [9.17, 15) is 9.18 Å². The molecule has 1 aromatic heterocycles. The van der Waals surface area contributed by atoms with Gasteiger partial charge in [-0.1, -0.05) is 18.5 Å². The van der Waals surface area contributed by atoms with E-state index >= 15 is 0 Å². The molecule has 29 heavy (non-hydrogen) atoms. The van der Waals surface area contributed by atoms with Crippen LogP contribution in [0.15, 0.2) is 48.7 Å². The highest BCUT2D eigenvalue weighted by molar-refractivity contribution is 6.30. The van der Waals surface area contributed by atoms with Crippen LogP contribution in [-0.4, -0.2) is 21.7 Å². The van der Waals surface area contributed by atoms with Crippen LogP contribution in [0.25, 0.3) is 10.9 Å². The summed E-state index contributed by atoms with van der Waals surface area (Å²) < 4.78 is 15.5. The lowest BCUT2D eigenvalue weighted by atomic mass is 9.99. The average molecular weight is 412 g/mol. The third-order valence-electron chi connectivity index (χ3n) is 6.72. The van der Waals surface area contributed by atoms with Crippen molar-refractivity contribution >= 4 is 28.4 Å². The molecule has 0 radical (unpaired) electrons. The summed E-state index contributed by atoms with van der Waals surface area (Å²) in [5, 5.41) is 9.24. The molecule has 2 aliphatic carbocycles. The quantitative estimate of drug-likeness (QED) is 0.624. The monoisotopic (exact) mass is 411 g/mol. The molecule has 0 bridgehead atoms. The van der Waals surface area contributed by atoms with E-state index in [1.54, 1.807) is 30.5 Å². The molecule has 6 heteroatoms. The Balaban J connectivity index is 1.25. The molecule has 1 heterocycles. The van der Waals surface area contributed by atoms with Gasteiger partial charge in [-0.3, -0.25) is 9.48 Å². The Bertz CT molecular complexity index is 1050. The van der Waals surface area contributed by atoms with Crippen LogP contribution >= 0.6 is 11.6 Å². The van der Waals surface area contributed by atoms with Crippen LogP contribution in [0.1, 0.15) is 42.6 Å². The molecule has 1 amide bonds. The molecule has 2 aliphatic rings. The molecule has 1 N–H and O–H groups in total. The number of hydrogen-bond acceptors (Lipinski definition) is 2. The first-order valence-corrected chi connectivity index (χ1v) is 10.6. The van der Waals surface area contributed by atoms with Gasteiger partial charge < -0.3 is 5.32 Å². The first-order chi connectivity index (χ1) is 14.0. The second-order valence-corrected chi connectivity index (χ2v) is 8.75. The maximum absolute atomic E-state index is 13.4. The van der Waals surface area contributed by atoms with Crippen LogP contribution in [0, 0.1) is 23.6 Å². The van der Waals surface area contributed by atoms with E-state index in [1.165, 1.54) is 12.1 Å². The SMILES string of the molecule is CCC(NC(=O)c1ccc(Cl)cc1)C1[C@H]2CC(n3ncc4cc(F)ccc43)C[C@@H]12. The van der Waals surface area contributed by atoms with E-state index in [-0.39, 0.29) is 17.8 Å². The lowest BCUT2D eigenvalue weighted by molar-refractivity contribution is 0.0927. The maximum Gasteiger partial charge on any atom is 0.251 e. The summed E-state index contributed by atoms with van der Waals surface area (Å²) in [6.45, 7) is 2.13. The summed E-state index contributed by atoms with van der Waals surface area (Å²) in [5.74, 6) is 1.51. The topological polar surface area (TPSA) is 46.9 Å². The number of halogens is 2. The van der Waals surface area contributed by atoms with Gasteiger partial charge in [0.1, 0.15) is 5.82 Å². The van der Waals surface area contributed by atoms with Crippen molar-refractivity contribution in [3.63, 3.8) is 0 Å². The van der Waals surface area contributed by atoms with Crippen molar-refractivity contribution in [2.75, 3.05) is 0 Å². The summed E-state index contributed by atoms with van der Waals surface area (Å²) in [6.07, 6.45) is 4.81. The van der Waals surface area contributed by atoms with Crippen molar-refractivity contribution in [1.82, 2.24) is 15.1 Å². The number of carbonyl (C=O) groups excluding carboxylic acids is 1. The molecule has 3 aromatic rings. The third-order valence-corrected chi connectivity index (χ3v) is 6.97. The highest BCUT2D eigenvalue weighted by Gasteiger charge is 2.59. The molecule has 2 aromatic carbocycles. The van der Waals surface area contributed by atoms with Gasteiger partial charge in [-0.15, -0.1) is 0 Å². The zero-order chi connectivity index (χ0) is 20.1. The maximum atomic E-state index is 13.4. The second kappa shape index (κ2) is 7.13. The molecule has 2 saturated carbocycles. The second-order valence-electron chi connectivity index (χ2n) is 8.32.